The number of rotatable bonds is 11. The number of hydrogen-bond donors (Lipinski definition) is 2. The van der Waals surface area contributed by atoms with Crippen LogP contribution in [0.15, 0.2) is 77.3 Å². The van der Waals surface area contributed by atoms with Crippen LogP contribution in [-0.4, -0.2) is 48.7 Å². The van der Waals surface area contributed by atoms with E-state index in [1.165, 1.54) is 0 Å². The van der Waals surface area contributed by atoms with Crippen LogP contribution < -0.4 is 8.92 Å². The third kappa shape index (κ3) is 6.13. The molecular weight excluding hydrogens is 588 g/mol. The van der Waals surface area contributed by atoms with E-state index in [0.29, 0.717) is 25.2 Å². The first-order chi connectivity index (χ1) is 18.7. The van der Waals surface area contributed by atoms with E-state index in [2.05, 4.69) is 15.9 Å². The van der Waals surface area contributed by atoms with Crippen molar-refractivity contribution < 1.29 is 37.1 Å². The van der Waals surface area contributed by atoms with E-state index in [-0.39, 0.29) is 24.3 Å². The van der Waals surface area contributed by atoms with Gasteiger partial charge >= 0.3 is 16.1 Å². The minimum absolute atomic E-state index is 0.109. The Hall–Kier alpha value is -3.34. The lowest BCUT2D eigenvalue weighted by atomic mass is 9.83. The standard InChI is InChI=1S/C29H27BrO8S/c30-20-8-14-23(15-9-20)38-39(34,35)25-17-24-27(28(29(25)37-24)19-4-10-21(31)11-5-19)18-6-12-22(13-7-18)36-16-2-1-3-26(32)33/h4-15,24-25,29,31H,1-3,16-17H2,(H,32,33)/t24-,25+,29+/m0/s1. The molecule has 2 heterocycles. The number of carboxylic acid groups (broad SMARTS) is 1. The van der Waals surface area contributed by atoms with E-state index in [4.69, 9.17) is 18.8 Å². The van der Waals surface area contributed by atoms with Crippen molar-refractivity contribution >= 4 is 43.2 Å². The first-order valence-corrected chi connectivity index (χ1v) is 14.8. The van der Waals surface area contributed by atoms with Crippen molar-refractivity contribution in [1.82, 2.24) is 0 Å². The van der Waals surface area contributed by atoms with Gasteiger partial charge in [-0.25, -0.2) is 0 Å². The molecule has 2 aliphatic heterocycles. The topological polar surface area (TPSA) is 119 Å². The van der Waals surface area contributed by atoms with Crippen LogP contribution in [0.3, 0.4) is 0 Å². The van der Waals surface area contributed by atoms with Gasteiger partial charge in [0.2, 0.25) is 0 Å². The monoisotopic (exact) mass is 614 g/mol. The zero-order chi connectivity index (χ0) is 27.6. The second-order valence-electron chi connectivity index (χ2n) is 9.45. The zero-order valence-electron chi connectivity index (χ0n) is 20.8. The largest absolute Gasteiger partial charge is 0.508 e. The highest BCUT2D eigenvalue weighted by atomic mass is 79.9. The van der Waals surface area contributed by atoms with E-state index < -0.39 is 33.5 Å². The van der Waals surface area contributed by atoms with Gasteiger partial charge in [0.05, 0.1) is 12.7 Å². The van der Waals surface area contributed by atoms with Gasteiger partial charge < -0.3 is 23.9 Å². The number of phenolic OH excluding ortho intramolecular Hbond substituents is 1. The SMILES string of the molecule is O=C(O)CCCCOc1ccc(C2=C(c3ccc(O)cc3)[C@@H]3O[C@H]2C[C@H]3S(=O)(=O)Oc2ccc(Br)cc2)cc1. The van der Waals surface area contributed by atoms with Gasteiger partial charge in [-0.2, -0.15) is 8.42 Å². The molecule has 8 nitrogen and oxygen atoms in total. The second-order valence-corrected chi connectivity index (χ2v) is 12.1. The molecule has 0 saturated carbocycles. The molecule has 0 radical (unpaired) electrons. The van der Waals surface area contributed by atoms with Gasteiger partial charge in [-0.15, -0.1) is 0 Å². The van der Waals surface area contributed by atoms with Crippen molar-refractivity contribution in [3.05, 3.63) is 88.4 Å². The summed E-state index contributed by atoms with van der Waals surface area (Å²) >= 11 is 3.34. The fourth-order valence-electron chi connectivity index (χ4n) is 4.98. The molecule has 5 rings (SSSR count). The Kier molecular flexibility index (Phi) is 7.97. The lowest BCUT2D eigenvalue weighted by Gasteiger charge is -2.24. The summed E-state index contributed by atoms with van der Waals surface area (Å²) < 4.78 is 45.0. The average Bonchev–Trinajstić information content (AvgIpc) is 3.50. The number of aliphatic carboxylic acids is 1. The van der Waals surface area contributed by atoms with Crippen LogP contribution in [0.1, 0.15) is 36.8 Å². The van der Waals surface area contributed by atoms with Gasteiger partial charge in [0.15, 0.2) is 0 Å². The molecule has 0 aromatic heterocycles. The van der Waals surface area contributed by atoms with Crippen LogP contribution >= 0.6 is 15.9 Å². The molecule has 10 heteroatoms. The Morgan fingerprint density at radius 2 is 1.51 bits per heavy atom. The van der Waals surface area contributed by atoms with Crippen LogP contribution in [0.4, 0.5) is 0 Å². The Bertz CT molecular complexity index is 1470. The average molecular weight is 615 g/mol. The van der Waals surface area contributed by atoms with Crippen LogP contribution in [0.25, 0.3) is 11.1 Å². The normalized spacial score (nSPS) is 20.3. The zero-order valence-corrected chi connectivity index (χ0v) is 23.2. The van der Waals surface area contributed by atoms with E-state index in [1.807, 2.05) is 24.3 Å². The first kappa shape index (κ1) is 27.2. The highest BCUT2D eigenvalue weighted by Crippen LogP contribution is 2.51. The number of carboxylic acids is 1. The number of fused-ring (bicyclic) bond motifs is 2. The summed E-state index contributed by atoms with van der Waals surface area (Å²) in [5, 5.41) is 17.7. The molecule has 2 bridgehead atoms. The Morgan fingerprint density at radius 1 is 0.897 bits per heavy atom. The summed E-state index contributed by atoms with van der Waals surface area (Å²) in [4.78, 5) is 10.7. The summed E-state index contributed by atoms with van der Waals surface area (Å²) in [6.45, 7) is 0.416. The summed E-state index contributed by atoms with van der Waals surface area (Å²) in [5.74, 6) is 0.181. The van der Waals surface area contributed by atoms with Crippen molar-refractivity contribution in [2.75, 3.05) is 6.61 Å². The van der Waals surface area contributed by atoms with Crippen molar-refractivity contribution in [1.29, 1.82) is 0 Å². The Balaban J connectivity index is 1.40. The molecule has 1 fully saturated rings. The summed E-state index contributed by atoms with van der Waals surface area (Å²) in [5.41, 5.74) is 3.29. The lowest BCUT2D eigenvalue weighted by Crippen LogP contribution is -2.35. The molecule has 0 amide bonds. The van der Waals surface area contributed by atoms with Crippen LogP contribution in [0.2, 0.25) is 0 Å². The minimum Gasteiger partial charge on any atom is -0.508 e. The molecule has 0 unspecified atom stereocenters. The van der Waals surface area contributed by atoms with Gasteiger partial charge in [-0.3, -0.25) is 4.79 Å². The highest BCUT2D eigenvalue weighted by Gasteiger charge is 2.53. The third-order valence-corrected chi connectivity index (χ3v) is 8.92. The Labute approximate surface area is 235 Å². The number of phenols is 1. The fraction of sp³-hybridized carbons (Fsp3) is 0.276. The molecule has 3 aromatic rings. The number of carbonyl (C=O) groups is 1. The quantitative estimate of drug-likeness (QED) is 0.210. The number of aromatic hydroxyl groups is 1. The van der Waals surface area contributed by atoms with Crippen LogP contribution in [0.5, 0.6) is 17.2 Å². The molecular formula is C29H27BrO8S. The molecule has 3 aromatic carbocycles. The number of benzene rings is 3. The van der Waals surface area contributed by atoms with Crippen LogP contribution in [0, 0.1) is 0 Å². The lowest BCUT2D eigenvalue weighted by molar-refractivity contribution is -0.137. The maximum Gasteiger partial charge on any atom is 0.315 e. The number of halogens is 1. The van der Waals surface area contributed by atoms with Gasteiger partial charge in [0, 0.05) is 17.3 Å². The summed E-state index contributed by atoms with van der Waals surface area (Å²) in [7, 11) is -4.02. The Morgan fingerprint density at radius 3 is 2.18 bits per heavy atom. The van der Waals surface area contributed by atoms with Gasteiger partial charge in [-0.1, -0.05) is 40.2 Å². The van der Waals surface area contributed by atoms with E-state index in [1.54, 1.807) is 48.5 Å². The van der Waals surface area contributed by atoms with E-state index >= 15 is 0 Å². The maximum atomic E-state index is 13.4. The number of hydrogen-bond acceptors (Lipinski definition) is 7. The van der Waals surface area contributed by atoms with Crippen molar-refractivity contribution in [2.45, 2.75) is 43.1 Å². The number of ether oxygens (including phenoxy) is 2. The van der Waals surface area contributed by atoms with Crippen LogP contribution in [-0.2, 0) is 19.6 Å². The predicted molar refractivity (Wildman–Crippen MR) is 149 cm³/mol. The van der Waals surface area contributed by atoms with Gasteiger partial charge in [0.25, 0.3) is 0 Å². The smallest absolute Gasteiger partial charge is 0.315 e. The fourth-order valence-corrected chi connectivity index (χ4v) is 6.66. The minimum atomic E-state index is -4.02. The van der Waals surface area contributed by atoms with Crippen molar-refractivity contribution in [2.24, 2.45) is 0 Å². The van der Waals surface area contributed by atoms with E-state index in [9.17, 15) is 18.3 Å². The predicted octanol–water partition coefficient (Wildman–Crippen LogP) is 5.65. The second kappa shape index (κ2) is 11.4. The molecule has 0 aliphatic carbocycles. The molecule has 0 spiro atoms. The molecule has 204 valence electrons. The third-order valence-electron chi connectivity index (χ3n) is 6.79. The van der Waals surface area contributed by atoms with Gasteiger partial charge in [-0.05, 0) is 83.6 Å². The van der Waals surface area contributed by atoms with E-state index in [0.717, 1.165) is 26.7 Å². The molecule has 39 heavy (non-hydrogen) atoms. The maximum absolute atomic E-state index is 13.4. The molecule has 1 saturated heterocycles. The summed E-state index contributed by atoms with van der Waals surface area (Å²) in [6, 6.07) is 20.7. The van der Waals surface area contributed by atoms with Gasteiger partial charge in [0.1, 0.15) is 28.6 Å². The first-order valence-electron chi connectivity index (χ1n) is 12.5. The molecule has 2 N–H and O–H groups in total. The highest BCUT2D eigenvalue weighted by molar-refractivity contribution is 9.10. The summed E-state index contributed by atoms with van der Waals surface area (Å²) in [6.07, 6.45) is 0.369. The molecule has 3 atom stereocenters. The van der Waals surface area contributed by atoms with Crippen molar-refractivity contribution in [3.63, 3.8) is 0 Å². The van der Waals surface area contributed by atoms with Crippen molar-refractivity contribution in [3.8, 4) is 17.2 Å². The number of unbranched alkanes of at least 4 members (excludes halogenated alkanes) is 1. The molecule has 2 aliphatic rings.